The van der Waals surface area contributed by atoms with Crippen molar-refractivity contribution in [1.82, 2.24) is 9.55 Å². The summed E-state index contributed by atoms with van der Waals surface area (Å²) in [5, 5.41) is 4.62. The summed E-state index contributed by atoms with van der Waals surface area (Å²) in [6, 6.07) is 53.5. The fraction of sp³-hybridized carbons (Fsp3) is 0. The molecule has 0 aliphatic heterocycles. The van der Waals surface area contributed by atoms with Gasteiger partial charge in [0.2, 0.25) is 0 Å². The number of fused-ring (bicyclic) bond motifs is 6. The molecule has 0 saturated heterocycles. The predicted octanol–water partition coefficient (Wildman–Crippen LogP) is 11.1. The van der Waals surface area contributed by atoms with Crippen molar-refractivity contribution in [3.05, 3.63) is 158 Å². The second-order valence-electron chi connectivity index (χ2n) is 11.2. The third-order valence-electron chi connectivity index (χ3n) is 8.66. The second-order valence-corrected chi connectivity index (χ2v) is 11.2. The molecule has 0 N–H and O–H groups in total. The number of benzene rings is 6. The Morgan fingerprint density at radius 3 is 2.07 bits per heavy atom. The molecule has 3 aromatic heterocycles. The van der Waals surface area contributed by atoms with Crippen LogP contribution in [0.2, 0.25) is 0 Å². The predicted molar refractivity (Wildman–Crippen MR) is 182 cm³/mol. The first-order chi connectivity index (χ1) is 21.8. The Bertz CT molecular complexity index is 2490. The molecule has 0 amide bonds. The smallest absolute Gasteiger partial charge is 0.137 e. The van der Waals surface area contributed by atoms with E-state index in [1.165, 1.54) is 21.9 Å². The van der Waals surface area contributed by atoms with E-state index in [0.29, 0.717) is 0 Å². The molecule has 0 aliphatic rings. The van der Waals surface area contributed by atoms with Gasteiger partial charge in [0, 0.05) is 33.5 Å². The molecule has 206 valence electrons. The number of nitrogens with zero attached hydrogens (tertiary/aromatic N) is 2. The van der Waals surface area contributed by atoms with E-state index in [9.17, 15) is 0 Å². The first-order valence-corrected chi connectivity index (χ1v) is 14.9. The molecule has 0 radical (unpaired) electrons. The van der Waals surface area contributed by atoms with Crippen molar-refractivity contribution in [2.24, 2.45) is 0 Å². The monoisotopic (exact) mass is 562 g/mol. The second kappa shape index (κ2) is 9.82. The van der Waals surface area contributed by atoms with Crippen molar-refractivity contribution < 1.29 is 4.42 Å². The van der Waals surface area contributed by atoms with Crippen LogP contribution in [-0.2, 0) is 0 Å². The van der Waals surface area contributed by atoms with Crippen LogP contribution in [0.15, 0.2) is 162 Å². The minimum absolute atomic E-state index is 0.885. The number of hydrogen-bond acceptors (Lipinski definition) is 2. The molecule has 0 saturated carbocycles. The van der Waals surface area contributed by atoms with Gasteiger partial charge < -0.3 is 8.98 Å². The normalized spacial score (nSPS) is 11.6. The highest BCUT2D eigenvalue weighted by Gasteiger charge is 2.19. The zero-order valence-corrected chi connectivity index (χ0v) is 23.8. The molecule has 9 rings (SSSR count). The van der Waals surface area contributed by atoms with E-state index in [-0.39, 0.29) is 0 Å². The fourth-order valence-electron chi connectivity index (χ4n) is 6.67. The molecule has 44 heavy (non-hydrogen) atoms. The molecule has 3 heterocycles. The van der Waals surface area contributed by atoms with E-state index in [2.05, 4.69) is 132 Å². The van der Waals surface area contributed by atoms with E-state index >= 15 is 0 Å². The van der Waals surface area contributed by atoms with Crippen LogP contribution in [0, 0.1) is 0 Å². The highest BCUT2D eigenvalue weighted by atomic mass is 16.3. The molecule has 0 aliphatic carbocycles. The van der Waals surface area contributed by atoms with Gasteiger partial charge in [-0.15, -0.1) is 0 Å². The molecule has 0 bridgehead atoms. The minimum Gasteiger partial charge on any atom is -0.456 e. The molecule has 0 fully saturated rings. The number of pyridine rings is 1. The first-order valence-electron chi connectivity index (χ1n) is 14.9. The fourth-order valence-corrected chi connectivity index (χ4v) is 6.67. The Balaban J connectivity index is 1.36. The van der Waals surface area contributed by atoms with Crippen LogP contribution in [0.25, 0.3) is 82.9 Å². The van der Waals surface area contributed by atoms with Crippen LogP contribution >= 0.6 is 0 Å². The number of para-hydroxylation sites is 1. The SMILES string of the molecule is c1ccc(-c2ccc3c4cc(-c5ncccc5-c5ccccc5)ccc4n(-c4cccc5oc6ccccc6c45)c3c2)cc1. The van der Waals surface area contributed by atoms with Crippen molar-refractivity contribution in [3.63, 3.8) is 0 Å². The summed E-state index contributed by atoms with van der Waals surface area (Å²) in [4.78, 5) is 4.88. The summed E-state index contributed by atoms with van der Waals surface area (Å²) in [7, 11) is 0. The summed E-state index contributed by atoms with van der Waals surface area (Å²) in [5.41, 5.74) is 11.9. The Morgan fingerprint density at radius 2 is 1.20 bits per heavy atom. The lowest BCUT2D eigenvalue weighted by Gasteiger charge is -2.12. The van der Waals surface area contributed by atoms with Crippen molar-refractivity contribution in [1.29, 1.82) is 0 Å². The van der Waals surface area contributed by atoms with Gasteiger partial charge >= 0.3 is 0 Å². The maximum absolute atomic E-state index is 6.32. The average Bonchev–Trinajstić information content (AvgIpc) is 3.64. The number of hydrogen-bond donors (Lipinski definition) is 0. The van der Waals surface area contributed by atoms with E-state index in [1.54, 1.807) is 0 Å². The summed E-state index contributed by atoms with van der Waals surface area (Å²) < 4.78 is 8.72. The van der Waals surface area contributed by atoms with Gasteiger partial charge in [-0.25, -0.2) is 0 Å². The number of furan rings is 1. The summed E-state index contributed by atoms with van der Waals surface area (Å²) >= 11 is 0. The summed E-state index contributed by atoms with van der Waals surface area (Å²) in [6.45, 7) is 0. The third-order valence-corrected chi connectivity index (χ3v) is 8.66. The van der Waals surface area contributed by atoms with Gasteiger partial charge in [0.15, 0.2) is 0 Å². The van der Waals surface area contributed by atoms with E-state index in [1.807, 2.05) is 30.5 Å². The lowest BCUT2D eigenvalue weighted by atomic mass is 9.98. The van der Waals surface area contributed by atoms with Crippen molar-refractivity contribution >= 4 is 43.7 Å². The third kappa shape index (κ3) is 3.80. The minimum atomic E-state index is 0.885. The van der Waals surface area contributed by atoms with Gasteiger partial charge in [0.25, 0.3) is 0 Å². The quantitative estimate of drug-likeness (QED) is 0.214. The molecule has 0 atom stereocenters. The topological polar surface area (TPSA) is 31.0 Å². The summed E-state index contributed by atoms with van der Waals surface area (Å²) in [6.07, 6.45) is 1.88. The zero-order valence-electron chi connectivity index (χ0n) is 23.8. The van der Waals surface area contributed by atoms with Gasteiger partial charge in [-0.05, 0) is 59.2 Å². The van der Waals surface area contributed by atoms with Crippen LogP contribution in [0.3, 0.4) is 0 Å². The Morgan fingerprint density at radius 1 is 0.455 bits per heavy atom. The van der Waals surface area contributed by atoms with E-state index in [0.717, 1.165) is 61.0 Å². The largest absolute Gasteiger partial charge is 0.456 e. The van der Waals surface area contributed by atoms with E-state index in [4.69, 9.17) is 9.40 Å². The van der Waals surface area contributed by atoms with Gasteiger partial charge in [-0.2, -0.15) is 0 Å². The maximum Gasteiger partial charge on any atom is 0.137 e. The Labute approximate surface area is 254 Å². The molecular weight excluding hydrogens is 536 g/mol. The van der Waals surface area contributed by atoms with Gasteiger partial charge in [0.1, 0.15) is 11.2 Å². The van der Waals surface area contributed by atoms with Gasteiger partial charge in [0.05, 0.1) is 27.8 Å². The zero-order chi connectivity index (χ0) is 29.0. The lowest BCUT2D eigenvalue weighted by molar-refractivity contribution is 0.669. The molecule has 9 aromatic rings. The first kappa shape index (κ1) is 24.6. The molecule has 3 heteroatoms. The van der Waals surface area contributed by atoms with Crippen molar-refractivity contribution in [2.45, 2.75) is 0 Å². The lowest BCUT2D eigenvalue weighted by Crippen LogP contribution is -1.95. The highest BCUT2D eigenvalue weighted by molar-refractivity contribution is 6.15. The van der Waals surface area contributed by atoms with Crippen LogP contribution in [0.5, 0.6) is 0 Å². The van der Waals surface area contributed by atoms with E-state index < -0.39 is 0 Å². The molecule has 0 spiro atoms. The maximum atomic E-state index is 6.32. The van der Waals surface area contributed by atoms with Crippen LogP contribution < -0.4 is 0 Å². The van der Waals surface area contributed by atoms with Crippen molar-refractivity contribution in [2.75, 3.05) is 0 Å². The molecule has 3 nitrogen and oxygen atoms in total. The van der Waals surface area contributed by atoms with Crippen LogP contribution in [0.1, 0.15) is 0 Å². The molecule has 6 aromatic carbocycles. The Kier molecular flexibility index (Phi) is 5.50. The highest BCUT2D eigenvalue weighted by Crippen LogP contribution is 2.41. The average molecular weight is 563 g/mol. The Hall–Kier alpha value is -5.93. The van der Waals surface area contributed by atoms with Crippen molar-refractivity contribution in [3.8, 4) is 39.2 Å². The van der Waals surface area contributed by atoms with Gasteiger partial charge in [-0.3, -0.25) is 4.98 Å². The summed E-state index contributed by atoms with van der Waals surface area (Å²) in [5.74, 6) is 0. The molecule has 0 unspecified atom stereocenters. The van der Waals surface area contributed by atoms with Crippen LogP contribution in [0.4, 0.5) is 0 Å². The number of aromatic nitrogens is 2. The molecular formula is C41H26N2O. The standard InChI is InChI=1S/C41H26N2O/c1-3-11-27(12-4-1)29-20-22-32-34-25-30(41-31(16-10-24-42-41)28-13-5-2-6-14-28)21-23-35(34)43(37(32)26-29)36-17-9-19-39-40(36)33-15-7-8-18-38(33)44-39/h1-26H. The van der Waals surface area contributed by atoms with Crippen LogP contribution in [-0.4, -0.2) is 9.55 Å². The number of rotatable bonds is 4. The van der Waals surface area contributed by atoms with Gasteiger partial charge in [-0.1, -0.05) is 109 Å².